The predicted molar refractivity (Wildman–Crippen MR) is 78.7 cm³/mol. The fraction of sp³-hybridized carbons (Fsp3) is 0.385. The highest BCUT2D eigenvalue weighted by Crippen LogP contribution is 2.45. The lowest BCUT2D eigenvalue weighted by Gasteiger charge is -2.11. The average Bonchev–Trinajstić information content (AvgIpc) is 2.92. The molecule has 0 spiro atoms. The number of hydrogen-bond donors (Lipinski definition) is 2. The Balaban J connectivity index is 2.01. The lowest BCUT2D eigenvalue weighted by molar-refractivity contribution is -0.138. The highest BCUT2D eigenvalue weighted by molar-refractivity contribution is 8.19. The smallest absolute Gasteiger partial charge is 0.325 e. The van der Waals surface area contributed by atoms with Crippen molar-refractivity contribution in [2.45, 2.75) is 17.5 Å². The number of rotatable bonds is 4. The molecular weight excluding hydrogens is 282 g/mol. The van der Waals surface area contributed by atoms with Crippen molar-refractivity contribution >= 4 is 35.4 Å². The van der Waals surface area contributed by atoms with E-state index in [1.54, 1.807) is 12.1 Å². The molecule has 2 N–H and O–H groups in total. The van der Waals surface area contributed by atoms with Gasteiger partial charge >= 0.3 is 5.97 Å². The Morgan fingerprint density at radius 1 is 1.26 bits per heavy atom. The van der Waals surface area contributed by atoms with E-state index in [0.29, 0.717) is 10.1 Å². The van der Waals surface area contributed by atoms with Gasteiger partial charge in [0, 0.05) is 17.1 Å². The first-order valence-corrected chi connectivity index (χ1v) is 8.04. The van der Waals surface area contributed by atoms with Gasteiger partial charge < -0.3 is 10.4 Å². The van der Waals surface area contributed by atoms with E-state index in [-0.39, 0.29) is 5.91 Å². The number of benzene rings is 1. The Morgan fingerprint density at radius 3 is 2.37 bits per heavy atom. The summed E-state index contributed by atoms with van der Waals surface area (Å²) in [5, 5.41) is 11.2. The first-order chi connectivity index (χ1) is 9.08. The van der Waals surface area contributed by atoms with E-state index in [1.165, 1.54) is 12.5 Å². The summed E-state index contributed by atoms with van der Waals surface area (Å²) < 4.78 is 0.454. The van der Waals surface area contributed by atoms with Crippen molar-refractivity contribution in [3.05, 3.63) is 35.4 Å². The Bertz CT molecular complexity index is 469. The van der Waals surface area contributed by atoms with E-state index in [1.807, 2.05) is 35.7 Å². The molecule has 1 heterocycles. The molecule has 1 fully saturated rings. The molecule has 1 amide bonds. The standard InChI is InChI=1S/C13H15NO3S2/c1-8(12(16)17)14-11(15)9-2-4-10(5-3-9)13-18-6-7-19-13/h2-5,8,13H,6-7H2,1H3,(H,14,15)(H,16,17). The van der Waals surface area contributed by atoms with Crippen LogP contribution in [0, 0.1) is 0 Å². The van der Waals surface area contributed by atoms with Crippen LogP contribution < -0.4 is 5.32 Å². The van der Waals surface area contributed by atoms with E-state index in [9.17, 15) is 9.59 Å². The molecule has 0 aromatic heterocycles. The van der Waals surface area contributed by atoms with Crippen LogP contribution in [0.4, 0.5) is 0 Å². The van der Waals surface area contributed by atoms with Gasteiger partial charge in [-0.2, -0.15) is 0 Å². The minimum Gasteiger partial charge on any atom is -0.480 e. The van der Waals surface area contributed by atoms with Crippen molar-refractivity contribution in [1.29, 1.82) is 0 Å². The van der Waals surface area contributed by atoms with Crippen molar-refractivity contribution in [1.82, 2.24) is 5.32 Å². The molecule has 102 valence electrons. The van der Waals surface area contributed by atoms with Crippen molar-refractivity contribution in [2.75, 3.05) is 11.5 Å². The topological polar surface area (TPSA) is 66.4 Å². The van der Waals surface area contributed by atoms with Crippen LogP contribution in [0.2, 0.25) is 0 Å². The van der Waals surface area contributed by atoms with Gasteiger partial charge in [0.25, 0.3) is 5.91 Å². The second-order valence-electron chi connectivity index (χ2n) is 4.23. The second kappa shape index (κ2) is 6.34. The first-order valence-electron chi connectivity index (χ1n) is 5.95. The molecule has 0 saturated carbocycles. The highest BCUT2D eigenvalue weighted by Gasteiger charge is 2.19. The minimum atomic E-state index is -1.04. The fourth-order valence-corrected chi connectivity index (χ4v) is 4.54. The van der Waals surface area contributed by atoms with Crippen molar-refractivity contribution in [3.8, 4) is 0 Å². The largest absolute Gasteiger partial charge is 0.480 e. The van der Waals surface area contributed by atoms with Crippen LogP contribution >= 0.6 is 23.5 Å². The lowest BCUT2D eigenvalue weighted by Crippen LogP contribution is -2.38. The van der Waals surface area contributed by atoms with Crippen LogP contribution in [0.25, 0.3) is 0 Å². The SMILES string of the molecule is CC(NC(=O)c1ccc(C2SCCS2)cc1)C(=O)O. The van der Waals surface area contributed by atoms with E-state index in [0.717, 1.165) is 11.5 Å². The third kappa shape index (κ3) is 3.67. The van der Waals surface area contributed by atoms with E-state index in [2.05, 4.69) is 5.32 Å². The lowest BCUT2D eigenvalue weighted by atomic mass is 10.1. The normalized spacial score (nSPS) is 17.1. The summed E-state index contributed by atoms with van der Waals surface area (Å²) in [4.78, 5) is 22.5. The van der Waals surface area contributed by atoms with Crippen LogP contribution in [0.1, 0.15) is 27.4 Å². The molecular formula is C13H15NO3S2. The van der Waals surface area contributed by atoms with Crippen LogP contribution in [0.5, 0.6) is 0 Å². The van der Waals surface area contributed by atoms with Crippen molar-refractivity contribution < 1.29 is 14.7 Å². The van der Waals surface area contributed by atoms with E-state index in [4.69, 9.17) is 5.11 Å². The summed E-state index contributed by atoms with van der Waals surface area (Å²) in [7, 11) is 0. The van der Waals surface area contributed by atoms with Gasteiger partial charge in [0.2, 0.25) is 0 Å². The number of nitrogens with one attached hydrogen (secondary N) is 1. The molecule has 19 heavy (non-hydrogen) atoms. The zero-order chi connectivity index (χ0) is 13.8. The number of aliphatic carboxylic acids is 1. The van der Waals surface area contributed by atoms with Crippen LogP contribution in [0.15, 0.2) is 24.3 Å². The third-order valence-electron chi connectivity index (χ3n) is 2.78. The maximum atomic E-state index is 11.8. The molecule has 1 aliphatic heterocycles. The average molecular weight is 297 g/mol. The van der Waals surface area contributed by atoms with Gasteiger partial charge in [0.05, 0.1) is 4.58 Å². The Labute approximate surface area is 120 Å². The Hall–Kier alpha value is -1.14. The molecule has 2 rings (SSSR count). The van der Waals surface area contributed by atoms with Crippen molar-refractivity contribution in [2.24, 2.45) is 0 Å². The number of amides is 1. The van der Waals surface area contributed by atoms with Gasteiger partial charge in [0.1, 0.15) is 6.04 Å². The van der Waals surface area contributed by atoms with Gasteiger partial charge in [-0.15, -0.1) is 23.5 Å². The molecule has 1 saturated heterocycles. The minimum absolute atomic E-state index is 0.354. The van der Waals surface area contributed by atoms with Crippen molar-refractivity contribution in [3.63, 3.8) is 0 Å². The van der Waals surface area contributed by atoms with Gasteiger partial charge in [0.15, 0.2) is 0 Å². The first kappa shape index (κ1) is 14.3. The fourth-order valence-electron chi connectivity index (χ4n) is 1.68. The molecule has 6 heteroatoms. The molecule has 1 aromatic rings. The van der Waals surface area contributed by atoms with Crippen LogP contribution in [-0.4, -0.2) is 34.5 Å². The number of hydrogen-bond acceptors (Lipinski definition) is 4. The molecule has 0 aliphatic carbocycles. The van der Waals surface area contributed by atoms with E-state index < -0.39 is 12.0 Å². The summed E-state index contributed by atoms with van der Waals surface area (Å²) >= 11 is 3.82. The summed E-state index contributed by atoms with van der Waals surface area (Å²) in [6.07, 6.45) is 0. The van der Waals surface area contributed by atoms with Crippen LogP contribution in [0.3, 0.4) is 0 Å². The Morgan fingerprint density at radius 2 is 1.84 bits per heavy atom. The van der Waals surface area contributed by atoms with Crippen LogP contribution in [-0.2, 0) is 4.79 Å². The van der Waals surface area contributed by atoms with E-state index >= 15 is 0 Å². The summed E-state index contributed by atoms with van der Waals surface area (Å²) in [5.74, 6) is 0.929. The number of thioether (sulfide) groups is 2. The predicted octanol–water partition coefficient (Wildman–Crippen LogP) is 2.37. The zero-order valence-corrected chi connectivity index (χ0v) is 12.1. The zero-order valence-electron chi connectivity index (χ0n) is 10.5. The van der Waals surface area contributed by atoms with Gasteiger partial charge in [-0.05, 0) is 24.6 Å². The number of carboxylic acid groups (broad SMARTS) is 1. The maximum Gasteiger partial charge on any atom is 0.325 e. The molecule has 0 radical (unpaired) electrons. The number of carbonyl (C=O) groups excluding carboxylic acids is 1. The molecule has 1 atom stereocenters. The molecule has 0 bridgehead atoms. The monoisotopic (exact) mass is 297 g/mol. The molecule has 4 nitrogen and oxygen atoms in total. The third-order valence-corrected chi connectivity index (χ3v) is 5.89. The quantitative estimate of drug-likeness (QED) is 0.893. The summed E-state index contributed by atoms with van der Waals surface area (Å²) in [6, 6.07) is 6.50. The highest BCUT2D eigenvalue weighted by atomic mass is 32.2. The Kier molecular flexibility index (Phi) is 4.76. The number of carbonyl (C=O) groups is 2. The maximum absolute atomic E-state index is 11.8. The second-order valence-corrected chi connectivity index (χ2v) is 6.95. The van der Waals surface area contributed by atoms with Gasteiger partial charge in [-0.25, -0.2) is 0 Å². The molecule has 1 unspecified atom stereocenters. The van der Waals surface area contributed by atoms with Gasteiger partial charge in [-0.1, -0.05) is 12.1 Å². The van der Waals surface area contributed by atoms with Gasteiger partial charge in [-0.3, -0.25) is 9.59 Å². The summed E-state index contributed by atoms with van der Waals surface area (Å²) in [5.41, 5.74) is 1.69. The molecule has 1 aromatic carbocycles. The summed E-state index contributed by atoms with van der Waals surface area (Å²) in [6.45, 7) is 1.44. The number of carboxylic acids is 1. The molecule has 1 aliphatic rings.